The molecule has 7 nitrogen and oxygen atoms in total. The second kappa shape index (κ2) is 9.33. The molecule has 9 heteroatoms. The molecule has 0 spiro atoms. The summed E-state index contributed by atoms with van der Waals surface area (Å²) in [6.45, 7) is 4.06. The molecule has 1 aromatic rings. The molecule has 0 atom stereocenters. The van der Waals surface area contributed by atoms with Gasteiger partial charge >= 0.3 is 0 Å². The van der Waals surface area contributed by atoms with E-state index in [1.807, 2.05) is 0 Å². The van der Waals surface area contributed by atoms with E-state index in [1.165, 1.54) is 0 Å². The van der Waals surface area contributed by atoms with Crippen molar-refractivity contribution in [3.8, 4) is 0 Å². The zero-order valence-electron chi connectivity index (χ0n) is 13.3. The first-order chi connectivity index (χ1) is 11.4. The van der Waals surface area contributed by atoms with Gasteiger partial charge in [0.05, 0.1) is 25.5 Å². The molecule has 0 aliphatic carbocycles. The molecule has 134 valence electrons. The van der Waals surface area contributed by atoms with E-state index in [9.17, 15) is 13.2 Å². The normalized spacial score (nSPS) is 16.0. The third kappa shape index (κ3) is 7.14. The highest BCUT2D eigenvalue weighted by molar-refractivity contribution is 7.88. The predicted molar refractivity (Wildman–Crippen MR) is 92.3 cm³/mol. The summed E-state index contributed by atoms with van der Waals surface area (Å²) >= 11 is 5.76. The first-order valence-corrected chi connectivity index (χ1v) is 9.76. The van der Waals surface area contributed by atoms with E-state index in [0.29, 0.717) is 30.3 Å². The molecule has 0 bridgehead atoms. The minimum atomic E-state index is -3.57. The molecule has 1 aliphatic heterocycles. The molecule has 1 aromatic carbocycles. The SMILES string of the molecule is O=C(CNS(=O)(=O)Cc1ccc(Cl)cc1)NCCN1CCOCC1. The van der Waals surface area contributed by atoms with Crippen LogP contribution in [0.4, 0.5) is 0 Å². The minimum absolute atomic E-state index is 0.189. The maximum absolute atomic E-state index is 12.0. The number of halogens is 1. The van der Waals surface area contributed by atoms with Gasteiger partial charge in [0.25, 0.3) is 0 Å². The van der Waals surface area contributed by atoms with E-state index in [-0.39, 0.29) is 18.2 Å². The van der Waals surface area contributed by atoms with Crippen LogP contribution in [0.2, 0.25) is 5.02 Å². The number of benzene rings is 1. The molecule has 0 radical (unpaired) electrons. The molecular weight excluding hydrogens is 354 g/mol. The second-order valence-electron chi connectivity index (χ2n) is 5.51. The third-order valence-corrected chi connectivity index (χ3v) is 5.13. The summed E-state index contributed by atoms with van der Waals surface area (Å²) in [4.78, 5) is 13.9. The molecule has 1 fully saturated rings. The van der Waals surface area contributed by atoms with Gasteiger partial charge in [-0.05, 0) is 17.7 Å². The Labute approximate surface area is 147 Å². The van der Waals surface area contributed by atoms with Gasteiger partial charge in [0.15, 0.2) is 0 Å². The van der Waals surface area contributed by atoms with Crippen molar-refractivity contribution in [2.75, 3.05) is 45.9 Å². The molecule has 2 N–H and O–H groups in total. The standard InChI is InChI=1S/C15H22ClN3O4S/c16-14-3-1-13(2-4-14)12-24(21,22)18-11-15(20)17-5-6-19-7-9-23-10-8-19/h1-4,18H,5-12H2,(H,17,20). The largest absolute Gasteiger partial charge is 0.379 e. The molecule has 1 amide bonds. The van der Waals surface area contributed by atoms with E-state index in [0.717, 1.165) is 19.6 Å². The van der Waals surface area contributed by atoms with Gasteiger partial charge in [0, 0.05) is 31.2 Å². The van der Waals surface area contributed by atoms with Crippen LogP contribution >= 0.6 is 11.6 Å². The Morgan fingerprint density at radius 3 is 2.54 bits per heavy atom. The molecule has 24 heavy (non-hydrogen) atoms. The maximum atomic E-state index is 12.0. The van der Waals surface area contributed by atoms with Crippen molar-refractivity contribution in [2.45, 2.75) is 5.75 Å². The van der Waals surface area contributed by atoms with Crippen LogP contribution in [-0.2, 0) is 25.3 Å². The summed E-state index contributed by atoms with van der Waals surface area (Å²) in [5.74, 6) is -0.534. The van der Waals surface area contributed by atoms with Crippen LogP contribution in [-0.4, -0.2) is 65.2 Å². The average Bonchev–Trinajstić information content (AvgIpc) is 2.56. The first-order valence-electron chi connectivity index (χ1n) is 7.73. The van der Waals surface area contributed by atoms with Crippen molar-refractivity contribution < 1.29 is 17.9 Å². The molecule has 0 unspecified atom stereocenters. The predicted octanol–water partition coefficient (Wildman–Crippen LogP) is 0.208. The zero-order chi connectivity index (χ0) is 17.4. The van der Waals surface area contributed by atoms with E-state index >= 15 is 0 Å². The van der Waals surface area contributed by atoms with Crippen molar-refractivity contribution >= 4 is 27.5 Å². The number of nitrogens with zero attached hydrogens (tertiary/aromatic N) is 1. The number of hydrogen-bond acceptors (Lipinski definition) is 5. The maximum Gasteiger partial charge on any atom is 0.235 e. The van der Waals surface area contributed by atoms with Crippen molar-refractivity contribution in [1.82, 2.24) is 14.9 Å². The fourth-order valence-electron chi connectivity index (χ4n) is 2.27. The average molecular weight is 376 g/mol. The lowest BCUT2D eigenvalue weighted by atomic mass is 10.2. The van der Waals surface area contributed by atoms with Gasteiger partial charge in [-0.1, -0.05) is 23.7 Å². The molecule has 0 aromatic heterocycles. The fourth-order valence-corrected chi connectivity index (χ4v) is 3.48. The minimum Gasteiger partial charge on any atom is -0.379 e. The quantitative estimate of drug-likeness (QED) is 0.678. The lowest BCUT2D eigenvalue weighted by Crippen LogP contribution is -2.43. The Bertz CT molecular complexity index is 631. The Morgan fingerprint density at radius 2 is 1.88 bits per heavy atom. The summed E-state index contributed by atoms with van der Waals surface area (Å²) in [6, 6.07) is 6.55. The van der Waals surface area contributed by atoms with E-state index in [2.05, 4.69) is 14.9 Å². The second-order valence-corrected chi connectivity index (χ2v) is 7.75. The van der Waals surface area contributed by atoms with Gasteiger partial charge < -0.3 is 10.1 Å². The van der Waals surface area contributed by atoms with Gasteiger partial charge in [0.1, 0.15) is 0 Å². The molecular formula is C15H22ClN3O4S. The van der Waals surface area contributed by atoms with Crippen LogP contribution in [0.3, 0.4) is 0 Å². The van der Waals surface area contributed by atoms with Crippen molar-refractivity contribution in [1.29, 1.82) is 0 Å². The number of sulfonamides is 1. The number of carbonyl (C=O) groups excluding carboxylic acids is 1. The molecule has 2 rings (SSSR count). The fraction of sp³-hybridized carbons (Fsp3) is 0.533. The lowest BCUT2D eigenvalue weighted by Gasteiger charge is -2.26. The summed E-state index contributed by atoms with van der Waals surface area (Å²) in [5.41, 5.74) is 0.611. The Morgan fingerprint density at radius 1 is 1.21 bits per heavy atom. The van der Waals surface area contributed by atoms with Crippen LogP contribution in [0.25, 0.3) is 0 Å². The molecule has 1 heterocycles. The van der Waals surface area contributed by atoms with Crippen LogP contribution < -0.4 is 10.0 Å². The van der Waals surface area contributed by atoms with Gasteiger partial charge in [0.2, 0.25) is 15.9 Å². The van der Waals surface area contributed by atoms with Crippen LogP contribution in [0.5, 0.6) is 0 Å². The van der Waals surface area contributed by atoms with E-state index in [1.54, 1.807) is 24.3 Å². The van der Waals surface area contributed by atoms with Crippen molar-refractivity contribution in [3.63, 3.8) is 0 Å². The molecule has 1 aliphatic rings. The summed E-state index contributed by atoms with van der Waals surface area (Å²) in [7, 11) is -3.57. The van der Waals surface area contributed by atoms with Crippen LogP contribution in [0, 0.1) is 0 Å². The Hall–Kier alpha value is -1.19. The number of nitrogens with one attached hydrogen (secondary N) is 2. The smallest absolute Gasteiger partial charge is 0.235 e. The van der Waals surface area contributed by atoms with Gasteiger partial charge in [-0.3, -0.25) is 9.69 Å². The summed E-state index contributed by atoms with van der Waals surface area (Å²) in [6.07, 6.45) is 0. The lowest BCUT2D eigenvalue weighted by molar-refractivity contribution is -0.120. The topological polar surface area (TPSA) is 87.7 Å². The monoisotopic (exact) mass is 375 g/mol. The Kier molecular flexibility index (Phi) is 7.44. The number of amides is 1. The van der Waals surface area contributed by atoms with Crippen LogP contribution in [0.1, 0.15) is 5.56 Å². The highest BCUT2D eigenvalue weighted by atomic mass is 35.5. The molecule has 0 saturated carbocycles. The van der Waals surface area contributed by atoms with E-state index < -0.39 is 10.0 Å². The molecule has 1 saturated heterocycles. The number of morpholine rings is 1. The van der Waals surface area contributed by atoms with Crippen molar-refractivity contribution in [2.24, 2.45) is 0 Å². The highest BCUT2D eigenvalue weighted by Gasteiger charge is 2.14. The highest BCUT2D eigenvalue weighted by Crippen LogP contribution is 2.11. The van der Waals surface area contributed by atoms with E-state index in [4.69, 9.17) is 16.3 Å². The zero-order valence-corrected chi connectivity index (χ0v) is 14.9. The third-order valence-electron chi connectivity index (χ3n) is 3.58. The summed E-state index contributed by atoms with van der Waals surface area (Å²) in [5, 5.41) is 3.25. The van der Waals surface area contributed by atoms with Crippen LogP contribution in [0.15, 0.2) is 24.3 Å². The van der Waals surface area contributed by atoms with Crippen molar-refractivity contribution in [3.05, 3.63) is 34.9 Å². The summed E-state index contributed by atoms with van der Waals surface area (Å²) < 4.78 is 31.5. The number of hydrogen-bond donors (Lipinski definition) is 2. The van der Waals surface area contributed by atoms with Gasteiger partial charge in [-0.25, -0.2) is 13.1 Å². The number of carbonyl (C=O) groups is 1. The Balaban J connectivity index is 1.67. The number of rotatable bonds is 8. The first kappa shape index (κ1) is 19.1. The van der Waals surface area contributed by atoms with Gasteiger partial charge in [-0.15, -0.1) is 0 Å². The van der Waals surface area contributed by atoms with Gasteiger partial charge in [-0.2, -0.15) is 0 Å². The number of ether oxygens (including phenoxy) is 1.